The Balaban J connectivity index is 0.00000225. The minimum Gasteiger partial charge on any atom is -0.490 e. The van der Waals surface area contributed by atoms with E-state index in [0.717, 1.165) is 62.1 Å². The lowest BCUT2D eigenvalue weighted by Gasteiger charge is -2.26. The fourth-order valence-electron chi connectivity index (χ4n) is 2.74. The standard InChI is InChI=1S/C20H25NO3.ClH/c1-17-7-2-3-8-18(17)24-20-10-5-4-9-19(20)23-14-6-11-21-12-15-22-16-13-21;/h2-5,7-10H,6,11-16H2,1H3;1H. The lowest BCUT2D eigenvalue weighted by molar-refractivity contribution is 0.0357. The zero-order valence-electron chi connectivity index (χ0n) is 14.6. The third-order valence-electron chi connectivity index (χ3n) is 4.14. The fraction of sp³-hybridized carbons (Fsp3) is 0.400. The Morgan fingerprint density at radius 2 is 1.56 bits per heavy atom. The number of rotatable bonds is 7. The molecule has 1 aliphatic heterocycles. The Labute approximate surface area is 156 Å². The largest absolute Gasteiger partial charge is 0.490 e. The maximum atomic E-state index is 6.04. The van der Waals surface area contributed by atoms with E-state index in [0.29, 0.717) is 6.61 Å². The molecule has 0 aliphatic carbocycles. The van der Waals surface area contributed by atoms with Gasteiger partial charge in [-0.1, -0.05) is 30.3 Å². The van der Waals surface area contributed by atoms with Gasteiger partial charge in [0.1, 0.15) is 5.75 Å². The Bertz CT molecular complexity index is 644. The van der Waals surface area contributed by atoms with Crippen LogP contribution in [0.1, 0.15) is 12.0 Å². The molecule has 0 atom stereocenters. The van der Waals surface area contributed by atoms with Gasteiger partial charge in [-0.25, -0.2) is 0 Å². The first-order chi connectivity index (χ1) is 11.8. The second-order valence-electron chi connectivity index (χ2n) is 5.97. The number of benzene rings is 2. The molecular weight excluding hydrogens is 338 g/mol. The molecule has 3 rings (SSSR count). The molecule has 1 heterocycles. The average Bonchev–Trinajstić information content (AvgIpc) is 2.63. The first-order valence-electron chi connectivity index (χ1n) is 8.58. The Morgan fingerprint density at radius 3 is 2.28 bits per heavy atom. The van der Waals surface area contributed by atoms with E-state index in [9.17, 15) is 0 Å². The minimum absolute atomic E-state index is 0. The molecule has 136 valence electrons. The second-order valence-corrected chi connectivity index (χ2v) is 5.97. The van der Waals surface area contributed by atoms with E-state index < -0.39 is 0 Å². The number of hydrogen-bond acceptors (Lipinski definition) is 4. The van der Waals surface area contributed by atoms with Crippen LogP contribution in [0.25, 0.3) is 0 Å². The molecule has 2 aromatic carbocycles. The smallest absolute Gasteiger partial charge is 0.169 e. The molecule has 25 heavy (non-hydrogen) atoms. The van der Waals surface area contributed by atoms with Crippen LogP contribution in [0.15, 0.2) is 48.5 Å². The molecule has 0 unspecified atom stereocenters. The number of para-hydroxylation sites is 3. The number of nitrogens with zero attached hydrogens (tertiary/aromatic N) is 1. The van der Waals surface area contributed by atoms with Gasteiger partial charge in [0.25, 0.3) is 0 Å². The van der Waals surface area contributed by atoms with Crippen molar-refractivity contribution < 1.29 is 14.2 Å². The summed E-state index contributed by atoms with van der Waals surface area (Å²) in [5, 5.41) is 0. The predicted molar refractivity (Wildman–Crippen MR) is 102 cm³/mol. The monoisotopic (exact) mass is 363 g/mol. The lowest BCUT2D eigenvalue weighted by atomic mass is 10.2. The zero-order chi connectivity index (χ0) is 16.6. The highest BCUT2D eigenvalue weighted by molar-refractivity contribution is 5.85. The van der Waals surface area contributed by atoms with Crippen molar-refractivity contribution in [3.05, 3.63) is 54.1 Å². The molecule has 0 saturated carbocycles. The van der Waals surface area contributed by atoms with Crippen LogP contribution in [0.3, 0.4) is 0 Å². The van der Waals surface area contributed by atoms with E-state index in [1.807, 2.05) is 55.5 Å². The summed E-state index contributed by atoms with van der Waals surface area (Å²) in [6, 6.07) is 15.9. The van der Waals surface area contributed by atoms with Gasteiger partial charge >= 0.3 is 0 Å². The van der Waals surface area contributed by atoms with Crippen LogP contribution >= 0.6 is 12.4 Å². The first-order valence-corrected chi connectivity index (χ1v) is 8.58. The minimum atomic E-state index is 0. The van der Waals surface area contributed by atoms with Gasteiger partial charge in [-0.15, -0.1) is 12.4 Å². The molecule has 2 aromatic rings. The highest BCUT2D eigenvalue weighted by Crippen LogP contribution is 2.32. The number of halogens is 1. The van der Waals surface area contributed by atoms with Crippen LogP contribution in [-0.2, 0) is 4.74 Å². The van der Waals surface area contributed by atoms with E-state index in [1.54, 1.807) is 0 Å². The predicted octanol–water partition coefficient (Wildman–Crippen LogP) is 4.31. The second kappa shape index (κ2) is 10.3. The molecule has 1 saturated heterocycles. The van der Waals surface area contributed by atoms with Gasteiger partial charge in [0, 0.05) is 19.6 Å². The van der Waals surface area contributed by atoms with Crippen LogP contribution in [-0.4, -0.2) is 44.4 Å². The van der Waals surface area contributed by atoms with E-state index >= 15 is 0 Å². The number of hydrogen-bond donors (Lipinski definition) is 0. The van der Waals surface area contributed by atoms with Crippen molar-refractivity contribution in [3.8, 4) is 17.2 Å². The van der Waals surface area contributed by atoms with Crippen LogP contribution in [0, 0.1) is 6.92 Å². The normalized spacial score (nSPS) is 14.6. The van der Waals surface area contributed by atoms with Crippen molar-refractivity contribution in [1.29, 1.82) is 0 Å². The summed E-state index contributed by atoms with van der Waals surface area (Å²) < 4.78 is 17.4. The summed E-state index contributed by atoms with van der Waals surface area (Å²) in [5.41, 5.74) is 1.11. The number of morpholine rings is 1. The van der Waals surface area contributed by atoms with Gasteiger partial charge in [0.15, 0.2) is 11.5 Å². The molecule has 5 heteroatoms. The van der Waals surface area contributed by atoms with Crippen LogP contribution in [0.4, 0.5) is 0 Å². The van der Waals surface area contributed by atoms with Crippen molar-refractivity contribution in [1.82, 2.24) is 4.90 Å². The summed E-state index contributed by atoms with van der Waals surface area (Å²) in [4.78, 5) is 2.42. The fourth-order valence-corrected chi connectivity index (χ4v) is 2.74. The molecular formula is C20H26ClNO3. The summed E-state index contributed by atoms with van der Waals surface area (Å²) >= 11 is 0. The topological polar surface area (TPSA) is 30.9 Å². The van der Waals surface area contributed by atoms with Crippen LogP contribution in [0.5, 0.6) is 17.2 Å². The van der Waals surface area contributed by atoms with Crippen molar-refractivity contribution in [3.63, 3.8) is 0 Å². The maximum absolute atomic E-state index is 6.04. The summed E-state index contributed by atoms with van der Waals surface area (Å²) in [5.74, 6) is 2.42. The van der Waals surface area contributed by atoms with Crippen LogP contribution < -0.4 is 9.47 Å². The number of ether oxygens (including phenoxy) is 3. The highest BCUT2D eigenvalue weighted by atomic mass is 35.5. The molecule has 0 bridgehead atoms. The van der Waals surface area contributed by atoms with E-state index in [1.165, 1.54) is 0 Å². The maximum Gasteiger partial charge on any atom is 0.169 e. The Morgan fingerprint density at radius 1 is 0.920 bits per heavy atom. The average molecular weight is 364 g/mol. The lowest BCUT2D eigenvalue weighted by Crippen LogP contribution is -2.37. The third-order valence-corrected chi connectivity index (χ3v) is 4.14. The van der Waals surface area contributed by atoms with E-state index in [2.05, 4.69) is 4.90 Å². The third kappa shape index (κ3) is 5.92. The molecule has 0 aromatic heterocycles. The molecule has 0 radical (unpaired) electrons. The summed E-state index contributed by atoms with van der Waals surface area (Å²) in [6.45, 7) is 7.50. The van der Waals surface area contributed by atoms with Gasteiger partial charge in [0.05, 0.1) is 19.8 Å². The SMILES string of the molecule is Cc1ccccc1Oc1ccccc1OCCCN1CCOCC1.Cl. The highest BCUT2D eigenvalue weighted by Gasteiger charge is 2.10. The quantitative estimate of drug-likeness (QED) is 0.686. The van der Waals surface area contributed by atoms with Crippen molar-refractivity contribution in [2.45, 2.75) is 13.3 Å². The van der Waals surface area contributed by atoms with Gasteiger partial charge in [-0.3, -0.25) is 4.90 Å². The molecule has 0 spiro atoms. The van der Waals surface area contributed by atoms with Gasteiger partial charge in [-0.2, -0.15) is 0 Å². The Hall–Kier alpha value is -1.75. The molecule has 1 fully saturated rings. The van der Waals surface area contributed by atoms with E-state index in [4.69, 9.17) is 14.2 Å². The van der Waals surface area contributed by atoms with Gasteiger partial charge in [0.2, 0.25) is 0 Å². The molecule has 4 nitrogen and oxygen atoms in total. The van der Waals surface area contributed by atoms with Crippen LogP contribution in [0.2, 0.25) is 0 Å². The first kappa shape index (κ1) is 19.6. The molecule has 0 N–H and O–H groups in total. The van der Waals surface area contributed by atoms with Gasteiger partial charge in [-0.05, 0) is 37.1 Å². The zero-order valence-corrected chi connectivity index (χ0v) is 15.5. The van der Waals surface area contributed by atoms with Gasteiger partial charge < -0.3 is 14.2 Å². The van der Waals surface area contributed by atoms with Crippen molar-refractivity contribution in [2.75, 3.05) is 39.5 Å². The van der Waals surface area contributed by atoms with Crippen molar-refractivity contribution >= 4 is 12.4 Å². The summed E-state index contributed by atoms with van der Waals surface area (Å²) in [6.07, 6.45) is 0.999. The summed E-state index contributed by atoms with van der Waals surface area (Å²) in [7, 11) is 0. The van der Waals surface area contributed by atoms with Crippen molar-refractivity contribution in [2.24, 2.45) is 0 Å². The number of aryl methyl sites for hydroxylation is 1. The Kier molecular flexibility index (Phi) is 8.06. The molecule has 1 aliphatic rings. The van der Waals surface area contributed by atoms with E-state index in [-0.39, 0.29) is 12.4 Å². The molecule has 0 amide bonds.